The molecule has 4 aromatic carbocycles. The molecule has 12 heteroatoms. The first-order valence-electron chi connectivity index (χ1n) is 27.0. The first kappa shape index (κ1) is 58.8. The number of hydrogen-bond acceptors (Lipinski definition) is 12. The Kier molecular flexibility index (Phi) is 22.3. The zero-order valence-electron chi connectivity index (χ0n) is 46.7. The maximum atomic E-state index is 13.1. The molecule has 0 fully saturated rings. The molecular weight excluding hydrogens is 937 g/mol. The van der Waals surface area contributed by atoms with Crippen molar-refractivity contribution in [3.05, 3.63) is 115 Å². The molecule has 74 heavy (non-hydrogen) atoms. The Balaban J connectivity index is 1.57. The van der Waals surface area contributed by atoms with Gasteiger partial charge in [0.05, 0.1) is 52.9 Å². The Morgan fingerprint density at radius 1 is 0.351 bits per heavy atom. The molecule has 0 unspecified atom stereocenters. The molecule has 11 rings (SSSR count). The molecule has 0 amide bonds. The van der Waals surface area contributed by atoms with Gasteiger partial charge in [-0.1, -0.05) is 48.5 Å². The second-order valence-electron chi connectivity index (χ2n) is 19.9. The van der Waals surface area contributed by atoms with Crippen LogP contribution in [0.1, 0.15) is 172 Å². The minimum Gasteiger partial charge on any atom is -0.493 e. The normalized spacial score (nSPS) is 14.8. The molecule has 0 atom stereocenters. The third-order valence-corrected chi connectivity index (χ3v) is 14.4. The third kappa shape index (κ3) is 15.1. The zero-order valence-corrected chi connectivity index (χ0v) is 46.7. The van der Waals surface area contributed by atoms with Gasteiger partial charge in [0.15, 0.2) is 0 Å². The SMILES string of the molecule is CCOC(=O)CCC1(CCC(=O)OCC)c2cc(C)c(c(C)c2)OCCCCOc2c(C)cc(cc2C)C(CCC(=O)OCC)(CCC(=O)OCC)c2cc(C)c(c(C)c2)OCCCCOc2c(C)cc1cc2C. The van der Waals surface area contributed by atoms with E-state index in [1.54, 1.807) is 0 Å². The number of hydrogen-bond donors (Lipinski definition) is 0. The average Bonchev–Trinajstić information content (AvgIpc) is 3.34. The summed E-state index contributed by atoms with van der Waals surface area (Å²) in [6, 6.07) is 17.2. The molecule has 0 N–H and O–H groups in total. The van der Waals surface area contributed by atoms with Crippen molar-refractivity contribution in [3.63, 3.8) is 0 Å². The van der Waals surface area contributed by atoms with E-state index in [1.165, 1.54) is 0 Å². The number of carbonyl (C=O) groups excluding carboxylic acids is 4. The van der Waals surface area contributed by atoms with Crippen LogP contribution in [0.2, 0.25) is 0 Å². The number of aryl methyl sites for hydroxylation is 8. The lowest BCUT2D eigenvalue weighted by Crippen LogP contribution is -2.31. The van der Waals surface area contributed by atoms with Gasteiger partial charge in [-0.25, -0.2) is 0 Å². The highest BCUT2D eigenvalue weighted by molar-refractivity contribution is 5.72. The second kappa shape index (κ2) is 28.0. The van der Waals surface area contributed by atoms with Gasteiger partial charge in [0, 0.05) is 36.5 Å². The van der Waals surface area contributed by atoms with Gasteiger partial charge in [-0.05, 0) is 201 Å². The standard InChI is InChI=1S/C62H84O12/c1-13-67-53(63)21-25-61(26-22-54(64)68-14-2)49-33-41(5)57(42(6)34-49)71-29-17-19-31-73-59-45(9)37-51(38-46(59)10)62(27-23-55(65)69-15-3,28-24-56(66)70-16-4)52-39-47(11)60(48(12)40-52)74-32-20-18-30-72-58-43(7)35-50(61)36-44(58)8/h33-40H,13-32H2,1-12H3. The van der Waals surface area contributed by atoms with Gasteiger partial charge < -0.3 is 37.9 Å². The predicted molar refractivity (Wildman–Crippen MR) is 289 cm³/mol. The molecule has 0 aliphatic carbocycles. The molecule has 0 aromatic heterocycles. The Morgan fingerprint density at radius 2 is 0.527 bits per heavy atom. The summed E-state index contributed by atoms with van der Waals surface area (Å²) in [6.45, 7) is 26.6. The van der Waals surface area contributed by atoms with Crippen molar-refractivity contribution in [2.75, 3.05) is 52.9 Å². The van der Waals surface area contributed by atoms with Crippen molar-refractivity contribution < 1.29 is 57.1 Å². The zero-order chi connectivity index (χ0) is 54.0. The largest absolute Gasteiger partial charge is 0.493 e. The van der Waals surface area contributed by atoms with Crippen LogP contribution in [0.5, 0.6) is 23.0 Å². The van der Waals surface area contributed by atoms with Crippen LogP contribution < -0.4 is 18.9 Å². The van der Waals surface area contributed by atoms with Gasteiger partial charge >= 0.3 is 23.9 Å². The lowest BCUT2D eigenvalue weighted by atomic mass is 9.67. The number of benzene rings is 4. The number of esters is 4. The van der Waals surface area contributed by atoms with E-state index in [9.17, 15) is 19.2 Å². The van der Waals surface area contributed by atoms with Crippen molar-refractivity contribution in [1.29, 1.82) is 0 Å². The van der Waals surface area contributed by atoms with Crippen LogP contribution in [0.4, 0.5) is 0 Å². The highest BCUT2D eigenvalue weighted by Crippen LogP contribution is 2.47. The van der Waals surface area contributed by atoms with Crippen LogP contribution in [0, 0.1) is 55.4 Å². The van der Waals surface area contributed by atoms with E-state index < -0.39 is 10.8 Å². The number of carbonyl (C=O) groups is 4. The minimum atomic E-state index is -0.757. The molecule has 7 heterocycles. The molecule has 0 radical (unpaired) electrons. The van der Waals surface area contributed by atoms with Crippen molar-refractivity contribution in [2.24, 2.45) is 0 Å². The summed E-state index contributed by atoms with van der Waals surface area (Å²) in [6.07, 6.45) is 5.29. The fourth-order valence-corrected chi connectivity index (χ4v) is 10.9. The minimum absolute atomic E-state index is 0.162. The second-order valence-corrected chi connectivity index (χ2v) is 19.9. The van der Waals surface area contributed by atoms with Crippen LogP contribution in [0.15, 0.2) is 48.5 Å². The quantitative estimate of drug-likeness (QED) is 0.0779. The van der Waals surface area contributed by atoms with Crippen molar-refractivity contribution >= 4 is 23.9 Å². The maximum Gasteiger partial charge on any atom is 0.305 e. The first-order valence-corrected chi connectivity index (χ1v) is 27.0. The molecule has 7 aliphatic heterocycles. The highest BCUT2D eigenvalue weighted by Gasteiger charge is 2.39. The predicted octanol–water partition coefficient (Wildman–Crippen LogP) is 12.9. The maximum absolute atomic E-state index is 13.1. The van der Waals surface area contributed by atoms with E-state index in [1.807, 2.05) is 83.1 Å². The smallest absolute Gasteiger partial charge is 0.305 e. The Bertz CT molecular complexity index is 2110. The van der Waals surface area contributed by atoms with Gasteiger partial charge in [-0.15, -0.1) is 0 Å². The summed E-state index contributed by atoms with van der Waals surface area (Å²) >= 11 is 0. The summed E-state index contributed by atoms with van der Waals surface area (Å²) < 4.78 is 48.0. The van der Waals surface area contributed by atoms with Crippen LogP contribution in [-0.4, -0.2) is 76.7 Å². The van der Waals surface area contributed by atoms with E-state index in [2.05, 4.69) is 48.5 Å². The highest BCUT2D eigenvalue weighted by atomic mass is 16.5. The van der Waals surface area contributed by atoms with Crippen molar-refractivity contribution in [2.45, 2.75) is 171 Å². The molecule has 4 aromatic rings. The van der Waals surface area contributed by atoms with Crippen molar-refractivity contribution in [3.8, 4) is 23.0 Å². The van der Waals surface area contributed by atoms with Crippen LogP contribution >= 0.6 is 0 Å². The van der Waals surface area contributed by atoms with Crippen LogP contribution in [0.25, 0.3) is 0 Å². The first-order chi connectivity index (χ1) is 35.4. The topological polar surface area (TPSA) is 142 Å². The summed E-state index contributed by atoms with van der Waals surface area (Å²) in [4.78, 5) is 52.6. The van der Waals surface area contributed by atoms with Gasteiger partial charge in [0.1, 0.15) is 23.0 Å². The molecule has 7 aliphatic rings. The molecule has 0 spiro atoms. The fourth-order valence-electron chi connectivity index (χ4n) is 10.9. The number of rotatable bonds is 16. The van der Waals surface area contributed by atoms with E-state index in [4.69, 9.17) is 37.9 Å². The average molecular weight is 1020 g/mol. The van der Waals surface area contributed by atoms with E-state index in [0.29, 0.717) is 52.1 Å². The van der Waals surface area contributed by atoms with Crippen LogP contribution in [-0.2, 0) is 49.0 Å². The molecule has 404 valence electrons. The fraction of sp³-hybridized carbons (Fsp3) is 0.548. The van der Waals surface area contributed by atoms with Gasteiger partial charge in [-0.2, -0.15) is 0 Å². The summed E-state index contributed by atoms with van der Waals surface area (Å²) in [5.74, 6) is 2.06. The Hall–Kier alpha value is -6.04. The summed E-state index contributed by atoms with van der Waals surface area (Å²) in [5.41, 5.74) is 10.1. The molecule has 12 nitrogen and oxygen atoms in total. The van der Waals surface area contributed by atoms with Crippen molar-refractivity contribution in [1.82, 2.24) is 0 Å². The molecular formula is C62H84O12. The Labute approximate surface area is 441 Å². The van der Waals surface area contributed by atoms with E-state index in [-0.39, 0.29) is 76.0 Å². The van der Waals surface area contributed by atoms with E-state index in [0.717, 1.165) is 115 Å². The molecule has 8 bridgehead atoms. The molecule has 0 saturated carbocycles. The van der Waals surface area contributed by atoms with Gasteiger partial charge in [0.25, 0.3) is 0 Å². The van der Waals surface area contributed by atoms with E-state index >= 15 is 0 Å². The molecule has 0 saturated heterocycles. The monoisotopic (exact) mass is 1020 g/mol. The van der Waals surface area contributed by atoms with Crippen LogP contribution in [0.3, 0.4) is 0 Å². The van der Waals surface area contributed by atoms with Gasteiger partial charge in [-0.3, -0.25) is 19.2 Å². The lowest BCUT2D eigenvalue weighted by molar-refractivity contribution is -0.145. The summed E-state index contributed by atoms with van der Waals surface area (Å²) in [7, 11) is 0. The third-order valence-electron chi connectivity index (χ3n) is 14.4. The number of ether oxygens (including phenoxy) is 8. The summed E-state index contributed by atoms with van der Waals surface area (Å²) in [5, 5.41) is 0. The van der Waals surface area contributed by atoms with Gasteiger partial charge in [0.2, 0.25) is 0 Å². The Morgan fingerprint density at radius 3 is 0.689 bits per heavy atom. The lowest BCUT2D eigenvalue weighted by Gasteiger charge is -2.37.